The highest BCUT2D eigenvalue weighted by Gasteiger charge is 2.40. The maximum Gasteiger partial charge on any atom is 0.331 e. The molecule has 0 bridgehead atoms. The minimum Gasteiger partial charge on any atom is -0.465 e. The van der Waals surface area contributed by atoms with Gasteiger partial charge in [-0.1, -0.05) is 31.0 Å². The van der Waals surface area contributed by atoms with Gasteiger partial charge in [-0.15, -0.1) is 0 Å². The van der Waals surface area contributed by atoms with Gasteiger partial charge in [-0.25, -0.2) is 4.79 Å². The molecule has 1 N–H and O–H groups in total. The molecule has 0 atom stereocenters. The number of nitrogens with one attached hydrogen (secondary N) is 1. The fourth-order valence-corrected chi connectivity index (χ4v) is 4.19. The average molecular weight is 409 g/mol. The summed E-state index contributed by atoms with van der Waals surface area (Å²) in [7, 11) is 0. The molecule has 156 valence electrons. The molecule has 1 saturated carbocycles. The van der Waals surface area contributed by atoms with Crippen LogP contribution in [0.5, 0.6) is 0 Å². The standard InChI is InChI=1S/C22H23N3O5/c1-2-30-19(26)13-24-12-14(16-9-5-6-10-18(16)24)11-17-20(27)23-22(29)25(21(17)28)15-7-3-4-8-15/h5-6,9-12,15H,2-4,7-8,13H2,1H3,(H,23,27,29)/b17-11-. The number of barbiturate groups is 1. The lowest BCUT2D eigenvalue weighted by Gasteiger charge is -2.31. The predicted octanol–water partition coefficient (Wildman–Crippen LogP) is 2.61. The summed E-state index contributed by atoms with van der Waals surface area (Å²) in [4.78, 5) is 50.9. The molecule has 0 radical (unpaired) electrons. The smallest absolute Gasteiger partial charge is 0.331 e. The molecule has 4 rings (SSSR count). The summed E-state index contributed by atoms with van der Waals surface area (Å²) in [6, 6.07) is 6.57. The second-order valence-corrected chi connectivity index (χ2v) is 7.47. The number of rotatable bonds is 5. The first-order valence-electron chi connectivity index (χ1n) is 10.1. The molecule has 0 unspecified atom stereocenters. The molecular formula is C22H23N3O5. The summed E-state index contributed by atoms with van der Waals surface area (Å²) in [5.41, 5.74) is 1.32. The van der Waals surface area contributed by atoms with Crippen molar-refractivity contribution in [2.45, 2.75) is 45.2 Å². The number of ether oxygens (including phenoxy) is 1. The van der Waals surface area contributed by atoms with Gasteiger partial charge in [0.15, 0.2) is 0 Å². The molecule has 8 heteroatoms. The number of nitrogens with zero attached hydrogens (tertiary/aromatic N) is 2. The van der Waals surface area contributed by atoms with Crippen LogP contribution in [0.3, 0.4) is 0 Å². The first-order valence-corrected chi connectivity index (χ1v) is 10.1. The Morgan fingerprint density at radius 2 is 1.93 bits per heavy atom. The van der Waals surface area contributed by atoms with Gasteiger partial charge in [0, 0.05) is 28.7 Å². The lowest BCUT2D eigenvalue weighted by Crippen LogP contribution is -2.57. The Bertz CT molecular complexity index is 1060. The second kappa shape index (κ2) is 8.14. The summed E-state index contributed by atoms with van der Waals surface area (Å²) in [6.45, 7) is 2.05. The van der Waals surface area contributed by atoms with Crippen molar-refractivity contribution in [1.29, 1.82) is 0 Å². The van der Waals surface area contributed by atoms with Crippen LogP contribution in [-0.2, 0) is 25.7 Å². The van der Waals surface area contributed by atoms with Crippen LogP contribution < -0.4 is 5.32 Å². The highest BCUT2D eigenvalue weighted by molar-refractivity contribution is 6.31. The zero-order chi connectivity index (χ0) is 21.3. The van der Waals surface area contributed by atoms with Gasteiger partial charge >= 0.3 is 12.0 Å². The number of hydrogen-bond acceptors (Lipinski definition) is 5. The largest absolute Gasteiger partial charge is 0.465 e. The minimum absolute atomic E-state index is 0.0182. The molecule has 1 saturated heterocycles. The van der Waals surface area contributed by atoms with Crippen LogP contribution in [-0.4, -0.2) is 45.9 Å². The van der Waals surface area contributed by atoms with E-state index in [1.807, 2.05) is 24.3 Å². The summed E-state index contributed by atoms with van der Waals surface area (Å²) < 4.78 is 6.76. The SMILES string of the molecule is CCOC(=O)Cn1cc(/C=C2/C(=O)NC(=O)N(C3CCCC3)C2=O)c2ccccc21. The number of carbonyl (C=O) groups is 4. The van der Waals surface area contributed by atoms with Crippen LogP contribution in [0.1, 0.15) is 38.2 Å². The lowest BCUT2D eigenvalue weighted by atomic mass is 10.0. The van der Waals surface area contributed by atoms with E-state index < -0.39 is 17.8 Å². The highest BCUT2D eigenvalue weighted by atomic mass is 16.5. The molecule has 1 aromatic carbocycles. The molecule has 2 aromatic rings. The van der Waals surface area contributed by atoms with E-state index in [1.165, 1.54) is 11.0 Å². The Kier molecular flexibility index (Phi) is 5.39. The average Bonchev–Trinajstić information content (AvgIpc) is 3.34. The van der Waals surface area contributed by atoms with Crippen LogP contribution in [0.2, 0.25) is 0 Å². The maximum atomic E-state index is 13.0. The molecule has 1 aliphatic carbocycles. The number of benzene rings is 1. The zero-order valence-corrected chi connectivity index (χ0v) is 16.7. The van der Waals surface area contributed by atoms with Crippen molar-refractivity contribution in [2.75, 3.05) is 6.61 Å². The van der Waals surface area contributed by atoms with E-state index in [0.29, 0.717) is 5.56 Å². The number of amides is 4. The third-order valence-electron chi connectivity index (χ3n) is 5.55. The number of urea groups is 1. The van der Waals surface area contributed by atoms with Gasteiger partial charge in [0.25, 0.3) is 11.8 Å². The number of fused-ring (bicyclic) bond motifs is 1. The number of hydrogen-bond donors (Lipinski definition) is 1. The number of aromatic nitrogens is 1. The van der Waals surface area contributed by atoms with Gasteiger partial charge in [0.2, 0.25) is 0 Å². The van der Waals surface area contributed by atoms with Crippen LogP contribution in [0.25, 0.3) is 17.0 Å². The monoisotopic (exact) mass is 409 g/mol. The minimum atomic E-state index is -0.707. The summed E-state index contributed by atoms with van der Waals surface area (Å²) in [5, 5.41) is 3.08. The molecule has 4 amide bonds. The van der Waals surface area contributed by atoms with Crippen LogP contribution in [0, 0.1) is 0 Å². The van der Waals surface area contributed by atoms with Gasteiger partial charge < -0.3 is 9.30 Å². The molecule has 1 aliphatic heterocycles. The number of esters is 1. The predicted molar refractivity (Wildman–Crippen MR) is 109 cm³/mol. The van der Waals surface area contributed by atoms with E-state index in [4.69, 9.17) is 4.74 Å². The third kappa shape index (κ3) is 3.60. The second-order valence-electron chi connectivity index (χ2n) is 7.47. The Balaban J connectivity index is 1.72. The van der Waals surface area contributed by atoms with Gasteiger partial charge in [-0.2, -0.15) is 0 Å². The van der Waals surface area contributed by atoms with Gasteiger partial charge in [0.1, 0.15) is 12.1 Å². The Morgan fingerprint density at radius 1 is 1.20 bits per heavy atom. The van der Waals surface area contributed by atoms with Gasteiger partial charge in [0.05, 0.1) is 6.61 Å². The van der Waals surface area contributed by atoms with Crippen molar-refractivity contribution in [2.24, 2.45) is 0 Å². The van der Waals surface area contributed by atoms with Crippen molar-refractivity contribution in [1.82, 2.24) is 14.8 Å². The summed E-state index contributed by atoms with van der Waals surface area (Å²) in [6.07, 6.45) is 6.62. The molecule has 8 nitrogen and oxygen atoms in total. The number of para-hydroxylation sites is 1. The number of imide groups is 2. The fourth-order valence-electron chi connectivity index (χ4n) is 4.19. The van der Waals surface area contributed by atoms with Crippen molar-refractivity contribution in [3.63, 3.8) is 0 Å². The molecule has 1 aromatic heterocycles. The van der Waals surface area contributed by atoms with E-state index in [0.717, 1.165) is 36.6 Å². The van der Waals surface area contributed by atoms with Gasteiger partial charge in [-0.3, -0.25) is 24.6 Å². The Labute approximate surface area is 173 Å². The Morgan fingerprint density at radius 3 is 2.67 bits per heavy atom. The van der Waals surface area contributed by atoms with Crippen molar-refractivity contribution < 1.29 is 23.9 Å². The van der Waals surface area contributed by atoms with Crippen LogP contribution in [0.4, 0.5) is 4.79 Å². The lowest BCUT2D eigenvalue weighted by molar-refractivity contribution is -0.143. The molecule has 2 fully saturated rings. The molecule has 2 heterocycles. The normalized spacial score (nSPS) is 19.0. The summed E-state index contributed by atoms with van der Waals surface area (Å²) in [5.74, 6) is -1.65. The van der Waals surface area contributed by atoms with Crippen molar-refractivity contribution in [3.8, 4) is 0 Å². The van der Waals surface area contributed by atoms with E-state index in [-0.39, 0.29) is 30.7 Å². The summed E-state index contributed by atoms with van der Waals surface area (Å²) >= 11 is 0. The van der Waals surface area contributed by atoms with Crippen molar-refractivity contribution in [3.05, 3.63) is 41.6 Å². The van der Waals surface area contributed by atoms with E-state index in [1.54, 1.807) is 17.7 Å². The van der Waals surface area contributed by atoms with Crippen molar-refractivity contribution >= 4 is 40.8 Å². The first-order chi connectivity index (χ1) is 14.5. The Hall–Kier alpha value is -3.42. The van der Waals surface area contributed by atoms with Gasteiger partial charge in [-0.05, 0) is 31.9 Å². The molecule has 30 heavy (non-hydrogen) atoms. The molecular weight excluding hydrogens is 386 g/mol. The van der Waals surface area contributed by atoms with E-state index >= 15 is 0 Å². The molecule has 2 aliphatic rings. The molecule has 0 spiro atoms. The third-order valence-corrected chi connectivity index (χ3v) is 5.55. The van der Waals surface area contributed by atoms with E-state index in [9.17, 15) is 19.2 Å². The number of carbonyl (C=O) groups excluding carboxylic acids is 4. The topological polar surface area (TPSA) is 97.7 Å². The van der Waals surface area contributed by atoms with E-state index in [2.05, 4.69) is 5.32 Å². The fraction of sp³-hybridized carbons (Fsp3) is 0.364. The van der Waals surface area contributed by atoms with Crippen LogP contribution >= 0.6 is 0 Å². The first kappa shape index (κ1) is 19.9. The van der Waals surface area contributed by atoms with Crippen LogP contribution in [0.15, 0.2) is 36.0 Å². The highest BCUT2D eigenvalue weighted by Crippen LogP contribution is 2.29. The maximum absolute atomic E-state index is 13.0. The zero-order valence-electron chi connectivity index (χ0n) is 16.7. The quantitative estimate of drug-likeness (QED) is 0.465.